The molecule has 0 aliphatic carbocycles. The molecule has 0 fully saturated rings. The number of nitrogens with one attached hydrogen (secondary N) is 3. The van der Waals surface area contributed by atoms with Gasteiger partial charge in [0, 0.05) is 46.9 Å². The third-order valence-corrected chi connectivity index (χ3v) is 4.59. The molecular weight excluding hydrogens is 478 g/mol. The highest BCUT2D eigenvalue weighted by molar-refractivity contribution is 7.80. The van der Waals surface area contributed by atoms with Crippen LogP contribution in [0.4, 0.5) is 11.4 Å². The van der Waals surface area contributed by atoms with Gasteiger partial charge in [-0.25, -0.2) is 4.79 Å². The molecule has 0 aliphatic rings. The fraction of sp³-hybridized carbons (Fsp3) is 0.211. The van der Waals surface area contributed by atoms with E-state index in [0.29, 0.717) is 24.3 Å². The zero-order chi connectivity index (χ0) is 24.8. The average molecular weight is 500 g/mol. The number of amides is 1. The van der Waals surface area contributed by atoms with E-state index in [0.717, 1.165) is 5.56 Å². The molecule has 0 spiro atoms. The van der Waals surface area contributed by atoms with Crippen LogP contribution in [0.25, 0.3) is 0 Å². The van der Waals surface area contributed by atoms with Gasteiger partial charge < -0.3 is 34.1 Å². The summed E-state index contributed by atoms with van der Waals surface area (Å²) in [5.41, 5.74) is 1.85. The topological polar surface area (TPSA) is 208 Å². The Hall–Kier alpha value is -3.33. The number of hydrogen-bond donors (Lipinski definition) is 5. The van der Waals surface area contributed by atoms with Gasteiger partial charge in [0.25, 0.3) is 0 Å². The summed E-state index contributed by atoms with van der Waals surface area (Å²) in [6.45, 7) is 0.402. The standard InChI is InChI=1S/C12H16N2O5S.C7H7NO4S/c15-11(5-6-12(16)17)13-8-7-9-1-3-10(4-2-9)14-20(18)19;9-7(10)5-1-3-6(4-2-5)8-13(11)12/h1-4,14H,5-8H2,(H,13,15)(H,16,17)(H,18,19);1-4,8H,(H,9,10)(H,11,12)/p-2. The number of carbonyl (C=O) groups excluding carboxylic acids is 1. The number of anilines is 2. The van der Waals surface area contributed by atoms with E-state index in [2.05, 4.69) is 14.8 Å². The molecular formula is C19H21N3O9S2-2. The van der Waals surface area contributed by atoms with Crippen LogP contribution in [0.1, 0.15) is 28.8 Å². The summed E-state index contributed by atoms with van der Waals surface area (Å²) in [5, 5.41) is 19.6. The molecule has 0 saturated heterocycles. The molecule has 2 unspecified atom stereocenters. The van der Waals surface area contributed by atoms with E-state index in [-0.39, 0.29) is 24.3 Å². The number of benzene rings is 2. The number of aliphatic carboxylic acids is 1. The van der Waals surface area contributed by atoms with Crippen LogP contribution in [-0.4, -0.2) is 52.1 Å². The van der Waals surface area contributed by atoms with Crippen molar-refractivity contribution < 1.29 is 42.1 Å². The van der Waals surface area contributed by atoms with E-state index < -0.39 is 34.5 Å². The van der Waals surface area contributed by atoms with E-state index in [1.54, 1.807) is 24.3 Å². The van der Waals surface area contributed by atoms with Crippen molar-refractivity contribution in [1.29, 1.82) is 0 Å². The van der Waals surface area contributed by atoms with Crippen LogP contribution in [0, 0.1) is 0 Å². The molecule has 0 radical (unpaired) electrons. The number of carboxylic acids is 2. The molecule has 12 nitrogen and oxygen atoms in total. The van der Waals surface area contributed by atoms with Crippen molar-refractivity contribution in [3.8, 4) is 0 Å². The van der Waals surface area contributed by atoms with Gasteiger partial charge in [0.2, 0.25) is 5.91 Å². The van der Waals surface area contributed by atoms with E-state index in [4.69, 9.17) is 10.2 Å². The van der Waals surface area contributed by atoms with E-state index in [1.807, 2.05) is 0 Å². The number of carbonyl (C=O) groups is 3. The van der Waals surface area contributed by atoms with Crippen LogP contribution in [0.5, 0.6) is 0 Å². The fourth-order valence-corrected chi connectivity index (χ4v) is 2.92. The molecule has 2 atom stereocenters. The summed E-state index contributed by atoms with van der Waals surface area (Å²) in [7, 11) is 0. The lowest BCUT2D eigenvalue weighted by Crippen LogP contribution is -2.26. The van der Waals surface area contributed by atoms with Gasteiger partial charge in [-0.1, -0.05) is 12.1 Å². The summed E-state index contributed by atoms with van der Waals surface area (Å²) in [6.07, 6.45) is 0.367. The molecule has 33 heavy (non-hydrogen) atoms. The minimum absolute atomic E-state index is 0.0342. The summed E-state index contributed by atoms with van der Waals surface area (Å²) in [5.74, 6) is -2.35. The zero-order valence-corrected chi connectivity index (χ0v) is 18.6. The minimum atomic E-state index is -2.38. The monoisotopic (exact) mass is 499 g/mol. The van der Waals surface area contributed by atoms with Gasteiger partial charge in [-0.05, 0) is 48.4 Å². The van der Waals surface area contributed by atoms with Gasteiger partial charge in [-0.2, -0.15) is 0 Å². The maximum atomic E-state index is 11.3. The van der Waals surface area contributed by atoms with Crippen LogP contribution < -0.4 is 14.8 Å². The van der Waals surface area contributed by atoms with Gasteiger partial charge >= 0.3 is 11.9 Å². The molecule has 14 heteroatoms. The SMILES string of the molecule is O=C(O)CCC(=O)NCCc1ccc(NS(=O)[O-])cc1.O=C(O)c1ccc(NS(=O)[O-])cc1. The van der Waals surface area contributed by atoms with Crippen LogP contribution in [-0.2, 0) is 38.5 Å². The van der Waals surface area contributed by atoms with Gasteiger partial charge in [-0.3, -0.25) is 18.0 Å². The molecule has 0 heterocycles. The number of hydrogen-bond acceptors (Lipinski definition) is 7. The molecule has 2 rings (SSSR count). The van der Waals surface area contributed by atoms with Crippen molar-refractivity contribution in [2.24, 2.45) is 0 Å². The molecule has 180 valence electrons. The Bertz CT molecular complexity index is 983. The molecule has 2 aromatic rings. The Balaban J connectivity index is 0.000000361. The third-order valence-electron chi connectivity index (χ3n) is 3.79. The van der Waals surface area contributed by atoms with Gasteiger partial charge in [0.15, 0.2) is 0 Å². The summed E-state index contributed by atoms with van der Waals surface area (Å²) in [4.78, 5) is 31.9. The normalized spacial score (nSPS) is 11.8. The van der Waals surface area contributed by atoms with Crippen molar-refractivity contribution in [2.75, 3.05) is 16.0 Å². The smallest absolute Gasteiger partial charge is 0.335 e. The average Bonchev–Trinajstić information content (AvgIpc) is 2.73. The first-order chi connectivity index (χ1) is 15.6. The number of rotatable bonds is 11. The summed E-state index contributed by atoms with van der Waals surface area (Å²) >= 11 is -4.73. The lowest BCUT2D eigenvalue weighted by Gasteiger charge is -2.09. The van der Waals surface area contributed by atoms with Crippen molar-refractivity contribution in [1.82, 2.24) is 5.32 Å². The number of aromatic carboxylic acids is 1. The van der Waals surface area contributed by atoms with Crippen LogP contribution in [0.2, 0.25) is 0 Å². The predicted octanol–water partition coefficient (Wildman–Crippen LogP) is 1.01. The first-order valence-corrected chi connectivity index (χ1v) is 11.3. The predicted molar refractivity (Wildman–Crippen MR) is 119 cm³/mol. The van der Waals surface area contributed by atoms with E-state index >= 15 is 0 Å². The Morgan fingerprint density at radius 3 is 1.70 bits per heavy atom. The number of carboxylic acid groups (broad SMARTS) is 2. The second-order valence-electron chi connectivity index (χ2n) is 6.25. The van der Waals surface area contributed by atoms with Gasteiger partial charge in [0.1, 0.15) is 0 Å². The maximum absolute atomic E-state index is 11.3. The van der Waals surface area contributed by atoms with Crippen LogP contribution >= 0.6 is 0 Å². The maximum Gasteiger partial charge on any atom is 0.335 e. The highest BCUT2D eigenvalue weighted by Crippen LogP contribution is 2.10. The van der Waals surface area contributed by atoms with Gasteiger partial charge in [-0.15, -0.1) is 0 Å². The quantitative estimate of drug-likeness (QED) is 0.279. The van der Waals surface area contributed by atoms with Crippen LogP contribution in [0.15, 0.2) is 48.5 Å². The second-order valence-corrected chi connectivity index (χ2v) is 7.59. The Kier molecular flexibility index (Phi) is 12.3. The largest absolute Gasteiger partial charge is 0.755 e. The Morgan fingerprint density at radius 1 is 0.788 bits per heavy atom. The van der Waals surface area contributed by atoms with E-state index in [9.17, 15) is 31.9 Å². The molecule has 0 bridgehead atoms. The van der Waals surface area contributed by atoms with Crippen LogP contribution in [0.3, 0.4) is 0 Å². The highest BCUT2D eigenvalue weighted by atomic mass is 32.2. The molecule has 0 aliphatic heterocycles. The summed E-state index contributed by atoms with van der Waals surface area (Å²) < 4.78 is 45.5. The van der Waals surface area contributed by atoms with Crippen molar-refractivity contribution in [2.45, 2.75) is 19.3 Å². The minimum Gasteiger partial charge on any atom is -0.755 e. The second kappa shape index (κ2) is 14.7. The third kappa shape index (κ3) is 13.0. The first kappa shape index (κ1) is 27.7. The van der Waals surface area contributed by atoms with E-state index in [1.165, 1.54) is 24.3 Å². The Labute approximate surface area is 194 Å². The lowest BCUT2D eigenvalue weighted by atomic mass is 10.1. The molecule has 0 saturated carbocycles. The first-order valence-electron chi connectivity index (χ1n) is 9.19. The van der Waals surface area contributed by atoms with Crippen molar-refractivity contribution in [3.63, 3.8) is 0 Å². The van der Waals surface area contributed by atoms with Gasteiger partial charge in [0.05, 0.1) is 12.0 Å². The molecule has 2 aromatic carbocycles. The highest BCUT2D eigenvalue weighted by Gasteiger charge is 2.04. The lowest BCUT2D eigenvalue weighted by molar-refractivity contribution is -0.138. The fourth-order valence-electron chi connectivity index (χ4n) is 2.27. The summed E-state index contributed by atoms with van der Waals surface area (Å²) in [6, 6.07) is 12.1. The van der Waals surface area contributed by atoms with Crippen molar-refractivity contribution in [3.05, 3.63) is 59.7 Å². The zero-order valence-electron chi connectivity index (χ0n) is 17.0. The molecule has 5 N–H and O–H groups in total. The molecule has 0 aromatic heterocycles. The molecule has 1 amide bonds. The Morgan fingerprint density at radius 2 is 1.27 bits per heavy atom. The van der Waals surface area contributed by atoms with Crippen molar-refractivity contribution >= 4 is 51.8 Å².